The summed E-state index contributed by atoms with van der Waals surface area (Å²) in [5.41, 5.74) is 1.17. The van der Waals surface area contributed by atoms with Crippen LogP contribution in [0.15, 0.2) is 28.8 Å². The van der Waals surface area contributed by atoms with E-state index in [1.165, 1.54) is 0 Å². The Labute approximate surface area is 123 Å². The molecule has 0 bridgehead atoms. The molecule has 2 rings (SSSR count). The van der Waals surface area contributed by atoms with E-state index in [9.17, 15) is 4.79 Å². The molecule has 0 saturated heterocycles. The third-order valence-electron chi connectivity index (χ3n) is 2.59. The summed E-state index contributed by atoms with van der Waals surface area (Å²) < 4.78 is 5.11. The van der Waals surface area contributed by atoms with Gasteiger partial charge in [-0.15, -0.1) is 12.4 Å². The highest BCUT2D eigenvalue weighted by molar-refractivity contribution is 5.99. The van der Waals surface area contributed by atoms with Gasteiger partial charge in [-0.3, -0.25) is 4.79 Å². The van der Waals surface area contributed by atoms with Crippen molar-refractivity contribution in [2.24, 2.45) is 0 Å². The van der Waals surface area contributed by atoms with Crippen LogP contribution >= 0.6 is 12.4 Å². The molecule has 108 valence electrons. The van der Waals surface area contributed by atoms with E-state index < -0.39 is 0 Å². The molecule has 2 N–H and O–H groups in total. The number of likely N-dealkylation sites (N-methyl/N-ethyl adjacent to an activating group) is 1. The van der Waals surface area contributed by atoms with Crippen LogP contribution in [-0.2, 0) is 0 Å². The second-order valence-electron chi connectivity index (χ2n) is 4.05. The number of rotatable bonds is 5. The highest BCUT2D eigenvalue weighted by Crippen LogP contribution is 2.21. The van der Waals surface area contributed by atoms with E-state index in [2.05, 4.69) is 20.8 Å². The minimum Gasteiger partial charge on any atom is -0.351 e. The van der Waals surface area contributed by atoms with Crippen LogP contribution in [-0.4, -0.2) is 36.2 Å². The Hall–Kier alpha value is -1.92. The maximum absolute atomic E-state index is 12.1. The highest BCUT2D eigenvalue weighted by Gasteiger charge is 2.16. The Morgan fingerprint density at radius 2 is 2.05 bits per heavy atom. The minimum absolute atomic E-state index is 0. The Bertz CT molecular complexity index is 571. The van der Waals surface area contributed by atoms with Crippen LogP contribution in [0.25, 0.3) is 11.5 Å². The Kier molecular flexibility index (Phi) is 6.14. The van der Waals surface area contributed by atoms with Gasteiger partial charge in [0.25, 0.3) is 11.8 Å². The van der Waals surface area contributed by atoms with Gasteiger partial charge in [0, 0.05) is 13.1 Å². The van der Waals surface area contributed by atoms with Gasteiger partial charge in [0.2, 0.25) is 0 Å². The molecule has 1 heterocycles. The number of carbonyl (C=O) groups excluding carboxylic acids is 1. The van der Waals surface area contributed by atoms with Gasteiger partial charge in [0.1, 0.15) is 0 Å². The van der Waals surface area contributed by atoms with E-state index in [-0.39, 0.29) is 18.3 Å². The predicted molar refractivity (Wildman–Crippen MR) is 78.0 cm³/mol. The van der Waals surface area contributed by atoms with Crippen LogP contribution in [0.4, 0.5) is 0 Å². The molecule has 2 aromatic rings. The fourth-order valence-electron chi connectivity index (χ4n) is 1.67. The Morgan fingerprint density at radius 3 is 2.70 bits per heavy atom. The third kappa shape index (κ3) is 3.79. The van der Waals surface area contributed by atoms with Crippen molar-refractivity contribution in [3.8, 4) is 11.5 Å². The minimum atomic E-state index is -0.151. The normalized spacial score (nSPS) is 9.90. The predicted octanol–water partition coefficient (Wildman–Crippen LogP) is 1.42. The molecular formula is C13H17ClN4O2. The third-order valence-corrected chi connectivity index (χ3v) is 2.59. The smallest absolute Gasteiger partial charge is 0.258 e. The maximum atomic E-state index is 12.1. The summed E-state index contributed by atoms with van der Waals surface area (Å²) in [5.74, 6) is 0.749. The van der Waals surface area contributed by atoms with Crippen LogP contribution in [0, 0.1) is 6.92 Å². The average Bonchev–Trinajstić information content (AvgIpc) is 2.85. The topological polar surface area (TPSA) is 80.0 Å². The van der Waals surface area contributed by atoms with Crippen molar-refractivity contribution in [3.63, 3.8) is 0 Å². The molecule has 0 unspecified atom stereocenters. The lowest BCUT2D eigenvalue weighted by molar-refractivity contribution is 0.0954. The van der Waals surface area contributed by atoms with E-state index >= 15 is 0 Å². The van der Waals surface area contributed by atoms with E-state index in [0.717, 1.165) is 0 Å². The van der Waals surface area contributed by atoms with Crippen LogP contribution in [0.2, 0.25) is 0 Å². The van der Waals surface area contributed by atoms with Gasteiger partial charge in [-0.25, -0.2) is 0 Å². The van der Waals surface area contributed by atoms with Crippen molar-refractivity contribution in [3.05, 3.63) is 35.7 Å². The standard InChI is InChI=1S/C13H16N4O2.ClH/c1-9-16-13(19-17-9)11-6-4-3-5-10(11)12(18)15-8-7-14-2;/h3-6,14H,7-8H2,1-2H3,(H,15,18);1H. The molecule has 1 amide bonds. The number of nitrogens with zero attached hydrogens (tertiary/aromatic N) is 2. The second kappa shape index (κ2) is 7.62. The zero-order chi connectivity index (χ0) is 13.7. The van der Waals surface area contributed by atoms with E-state index in [1.54, 1.807) is 25.1 Å². The SMILES string of the molecule is CNCCNC(=O)c1ccccc1-c1nc(C)no1.Cl. The number of aryl methyl sites for hydroxylation is 1. The number of carbonyl (C=O) groups is 1. The molecule has 0 atom stereocenters. The molecule has 0 saturated carbocycles. The quantitative estimate of drug-likeness (QED) is 0.816. The number of amides is 1. The van der Waals surface area contributed by atoms with Crippen molar-refractivity contribution in [2.75, 3.05) is 20.1 Å². The molecule has 6 nitrogen and oxygen atoms in total. The van der Waals surface area contributed by atoms with E-state index in [4.69, 9.17) is 4.52 Å². The van der Waals surface area contributed by atoms with Crippen molar-refractivity contribution in [1.82, 2.24) is 20.8 Å². The lowest BCUT2D eigenvalue weighted by atomic mass is 10.1. The zero-order valence-electron chi connectivity index (χ0n) is 11.3. The Balaban J connectivity index is 0.00000200. The Morgan fingerprint density at radius 1 is 1.30 bits per heavy atom. The van der Waals surface area contributed by atoms with Crippen LogP contribution in [0.3, 0.4) is 0 Å². The summed E-state index contributed by atoms with van der Waals surface area (Å²) >= 11 is 0. The monoisotopic (exact) mass is 296 g/mol. The zero-order valence-corrected chi connectivity index (χ0v) is 12.2. The van der Waals surface area contributed by atoms with Gasteiger partial charge in [-0.05, 0) is 26.1 Å². The molecule has 0 spiro atoms. The van der Waals surface area contributed by atoms with E-state index in [1.807, 2.05) is 13.1 Å². The van der Waals surface area contributed by atoms with Crippen molar-refractivity contribution < 1.29 is 9.32 Å². The number of nitrogens with one attached hydrogen (secondary N) is 2. The summed E-state index contributed by atoms with van der Waals surface area (Å²) in [4.78, 5) is 16.2. The summed E-state index contributed by atoms with van der Waals surface area (Å²) in [6.45, 7) is 3.02. The molecular weight excluding hydrogens is 280 g/mol. The molecule has 0 aliphatic rings. The van der Waals surface area contributed by atoms with Crippen LogP contribution in [0.5, 0.6) is 0 Å². The lowest BCUT2D eigenvalue weighted by Crippen LogP contribution is -2.30. The number of aromatic nitrogens is 2. The van der Waals surface area contributed by atoms with E-state index in [0.29, 0.717) is 35.9 Å². The van der Waals surface area contributed by atoms with Crippen LogP contribution in [0.1, 0.15) is 16.2 Å². The van der Waals surface area contributed by atoms with Crippen molar-refractivity contribution >= 4 is 18.3 Å². The number of hydrogen-bond acceptors (Lipinski definition) is 5. The lowest BCUT2D eigenvalue weighted by Gasteiger charge is -2.07. The van der Waals surface area contributed by atoms with Gasteiger partial charge in [0.15, 0.2) is 5.82 Å². The van der Waals surface area contributed by atoms with Gasteiger partial charge in [-0.1, -0.05) is 17.3 Å². The highest BCUT2D eigenvalue weighted by atomic mass is 35.5. The first-order valence-corrected chi connectivity index (χ1v) is 6.05. The molecule has 7 heteroatoms. The average molecular weight is 297 g/mol. The second-order valence-corrected chi connectivity index (χ2v) is 4.05. The summed E-state index contributed by atoms with van der Waals surface area (Å²) in [6, 6.07) is 7.17. The fraction of sp³-hybridized carbons (Fsp3) is 0.308. The van der Waals surface area contributed by atoms with Gasteiger partial charge >= 0.3 is 0 Å². The van der Waals surface area contributed by atoms with Gasteiger partial charge in [0.05, 0.1) is 11.1 Å². The first-order chi connectivity index (χ1) is 9.22. The summed E-state index contributed by atoms with van der Waals surface area (Å²) in [5, 5.41) is 9.54. The van der Waals surface area contributed by atoms with Gasteiger partial charge < -0.3 is 15.2 Å². The molecule has 1 aromatic heterocycles. The molecule has 20 heavy (non-hydrogen) atoms. The van der Waals surface area contributed by atoms with Crippen LogP contribution < -0.4 is 10.6 Å². The van der Waals surface area contributed by atoms with Crippen molar-refractivity contribution in [2.45, 2.75) is 6.92 Å². The fourth-order valence-corrected chi connectivity index (χ4v) is 1.67. The number of benzene rings is 1. The molecule has 0 fully saturated rings. The molecule has 1 aromatic carbocycles. The largest absolute Gasteiger partial charge is 0.351 e. The molecule has 0 aliphatic heterocycles. The molecule has 0 aliphatic carbocycles. The van der Waals surface area contributed by atoms with Crippen molar-refractivity contribution in [1.29, 1.82) is 0 Å². The number of hydrogen-bond donors (Lipinski definition) is 2. The van der Waals surface area contributed by atoms with Gasteiger partial charge in [-0.2, -0.15) is 4.98 Å². The maximum Gasteiger partial charge on any atom is 0.258 e. The number of halogens is 1. The first-order valence-electron chi connectivity index (χ1n) is 6.05. The summed E-state index contributed by atoms with van der Waals surface area (Å²) in [7, 11) is 1.83. The molecule has 0 radical (unpaired) electrons. The first kappa shape index (κ1) is 16.1. The summed E-state index contributed by atoms with van der Waals surface area (Å²) in [6.07, 6.45) is 0.